The van der Waals surface area contributed by atoms with E-state index in [1.165, 1.54) is 18.5 Å². The van der Waals surface area contributed by atoms with E-state index < -0.39 is 0 Å². The standard InChI is InChI=1S/C23H27N3O3/c1-2-29-21-8-4-3-7-20(21)25-23(28)19-15-18(19)22(27)24-16-9-11-17(12-10-16)26-13-5-6-14-26/h3-4,7-12,18-19H,2,5-6,13-15H2,1H3,(H,24,27)(H,25,28). The second-order valence-corrected chi connectivity index (χ2v) is 7.60. The van der Waals surface area contributed by atoms with Crippen LogP contribution in [-0.2, 0) is 9.59 Å². The molecule has 1 aliphatic heterocycles. The monoisotopic (exact) mass is 393 g/mol. The lowest BCUT2D eigenvalue weighted by Gasteiger charge is -2.17. The second kappa shape index (κ2) is 8.55. The van der Waals surface area contributed by atoms with E-state index in [-0.39, 0.29) is 23.7 Å². The first-order valence-corrected chi connectivity index (χ1v) is 10.3. The van der Waals surface area contributed by atoms with Gasteiger partial charge in [0.15, 0.2) is 0 Å². The van der Waals surface area contributed by atoms with Crippen molar-refractivity contribution >= 4 is 28.9 Å². The Bertz CT molecular complexity index is 875. The van der Waals surface area contributed by atoms with Crippen molar-refractivity contribution in [1.29, 1.82) is 0 Å². The predicted octanol–water partition coefficient (Wildman–Crippen LogP) is 3.90. The van der Waals surface area contributed by atoms with E-state index in [1.54, 1.807) is 0 Å². The van der Waals surface area contributed by atoms with Gasteiger partial charge in [-0.25, -0.2) is 0 Å². The number of hydrogen-bond acceptors (Lipinski definition) is 4. The van der Waals surface area contributed by atoms with E-state index >= 15 is 0 Å². The average molecular weight is 393 g/mol. The number of rotatable bonds is 7. The van der Waals surface area contributed by atoms with E-state index in [2.05, 4.69) is 15.5 Å². The van der Waals surface area contributed by atoms with Gasteiger partial charge in [0.25, 0.3) is 0 Å². The van der Waals surface area contributed by atoms with Crippen LogP contribution < -0.4 is 20.3 Å². The summed E-state index contributed by atoms with van der Waals surface area (Å²) in [6.07, 6.45) is 3.04. The quantitative estimate of drug-likeness (QED) is 0.749. The van der Waals surface area contributed by atoms with Crippen molar-refractivity contribution in [3.63, 3.8) is 0 Å². The van der Waals surface area contributed by atoms with Crippen molar-refractivity contribution in [3.8, 4) is 5.75 Å². The molecule has 2 unspecified atom stereocenters. The van der Waals surface area contributed by atoms with Crippen LogP contribution in [0.2, 0.25) is 0 Å². The Kier molecular flexibility index (Phi) is 5.69. The Morgan fingerprint density at radius 1 is 0.966 bits per heavy atom. The molecule has 2 aliphatic rings. The molecule has 4 rings (SSSR count). The highest BCUT2D eigenvalue weighted by Crippen LogP contribution is 2.41. The number of carbonyl (C=O) groups excluding carboxylic acids is 2. The molecule has 1 heterocycles. The van der Waals surface area contributed by atoms with Gasteiger partial charge in [0.1, 0.15) is 5.75 Å². The zero-order valence-corrected chi connectivity index (χ0v) is 16.7. The molecule has 2 aromatic rings. The molecule has 0 aromatic heterocycles. The molecule has 0 spiro atoms. The third kappa shape index (κ3) is 4.53. The van der Waals surface area contributed by atoms with Crippen molar-refractivity contribution < 1.29 is 14.3 Å². The van der Waals surface area contributed by atoms with E-state index in [0.29, 0.717) is 24.5 Å². The number of ether oxygens (including phenoxy) is 1. The third-order valence-corrected chi connectivity index (χ3v) is 5.51. The predicted molar refractivity (Wildman–Crippen MR) is 114 cm³/mol. The fourth-order valence-corrected chi connectivity index (χ4v) is 3.82. The SMILES string of the molecule is CCOc1ccccc1NC(=O)C1CC1C(=O)Nc1ccc(N2CCCC2)cc1. The Labute approximate surface area is 171 Å². The van der Waals surface area contributed by atoms with Crippen molar-refractivity contribution in [1.82, 2.24) is 0 Å². The third-order valence-electron chi connectivity index (χ3n) is 5.51. The molecule has 2 N–H and O–H groups in total. The van der Waals surface area contributed by atoms with E-state index in [9.17, 15) is 9.59 Å². The number of anilines is 3. The first-order chi connectivity index (χ1) is 14.2. The Morgan fingerprint density at radius 3 is 2.31 bits per heavy atom. The molecule has 29 heavy (non-hydrogen) atoms. The van der Waals surface area contributed by atoms with E-state index in [0.717, 1.165) is 18.8 Å². The van der Waals surface area contributed by atoms with Gasteiger partial charge in [-0.1, -0.05) is 12.1 Å². The lowest BCUT2D eigenvalue weighted by molar-refractivity contribution is -0.122. The van der Waals surface area contributed by atoms with Gasteiger partial charge in [-0.3, -0.25) is 9.59 Å². The van der Waals surface area contributed by atoms with Crippen molar-refractivity contribution in [2.45, 2.75) is 26.2 Å². The normalized spacial score (nSPS) is 20.2. The van der Waals surface area contributed by atoms with Gasteiger partial charge in [-0.05, 0) is 62.6 Å². The Hall–Kier alpha value is -3.02. The summed E-state index contributed by atoms with van der Waals surface area (Å²) < 4.78 is 5.54. The van der Waals surface area contributed by atoms with Gasteiger partial charge in [-0.15, -0.1) is 0 Å². The van der Waals surface area contributed by atoms with Crippen molar-refractivity contribution in [2.24, 2.45) is 11.8 Å². The molecule has 1 saturated carbocycles. The summed E-state index contributed by atoms with van der Waals surface area (Å²) in [7, 11) is 0. The van der Waals surface area contributed by atoms with Crippen LogP contribution >= 0.6 is 0 Å². The summed E-state index contributed by atoms with van der Waals surface area (Å²) in [6.45, 7) is 4.61. The van der Waals surface area contributed by atoms with Gasteiger partial charge in [0.2, 0.25) is 11.8 Å². The summed E-state index contributed by atoms with van der Waals surface area (Å²) in [4.78, 5) is 27.4. The molecule has 2 atom stereocenters. The highest BCUT2D eigenvalue weighted by molar-refractivity contribution is 6.03. The molecular formula is C23H27N3O3. The van der Waals surface area contributed by atoms with Gasteiger partial charge in [0, 0.05) is 24.5 Å². The number of benzene rings is 2. The highest BCUT2D eigenvalue weighted by Gasteiger charge is 2.48. The number of amides is 2. The second-order valence-electron chi connectivity index (χ2n) is 7.60. The fourth-order valence-electron chi connectivity index (χ4n) is 3.82. The summed E-state index contributed by atoms with van der Waals surface area (Å²) in [5.41, 5.74) is 2.60. The lowest BCUT2D eigenvalue weighted by atomic mass is 10.2. The number of carbonyl (C=O) groups is 2. The van der Waals surface area contributed by atoms with Crippen LogP contribution in [0.1, 0.15) is 26.2 Å². The maximum absolute atomic E-state index is 12.5. The summed E-state index contributed by atoms with van der Waals surface area (Å²) in [5.74, 6) is -0.178. The number of para-hydroxylation sites is 2. The molecule has 1 aliphatic carbocycles. The molecule has 0 bridgehead atoms. The minimum Gasteiger partial charge on any atom is -0.492 e. The lowest BCUT2D eigenvalue weighted by Crippen LogP contribution is -2.21. The maximum atomic E-state index is 12.5. The van der Waals surface area contributed by atoms with Gasteiger partial charge in [0.05, 0.1) is 24.1 Å². The van der Waals surface area contributed by atoms with Crippen molar-refractivity contribution in [3.05, 3.63) is 48.5 Å². The van der Waals surface area contributed by atoms with Crippen LogP contribution in [0.4, 0.5) is 17.1 Å². The zero-order valence-electron chi connectivity index (χ0n) is 16.7. The van der Waals surface area contributed by atoms with Crippen LogP contribution in [0.15, 0.2) is 48.5 Å². The molecule has 2 fully saturated rings. The smallest absolute Gasteiger partial charge is 0.228 e. The van der Waals surface area contributed by atoms with Crippen LogP contribution in [-0.4, -0.2) is 31.5 Å². The first kappa shape index (κ1) is 19.3. The minimum absolute atomic E-state index is 0.0998. The van der Waals surface area contributed by atoms with Crippen LogP contribution in [0.25, 0.3) is 0 Å². The number of nitrogens with one attached hydrogen (secondary N) is 2. The van der Waals surface area contributed by atoms with Crippen LogP contribution in [0.3, 0.4) is 0 Å². The highest BCUT2D eigenvalue weighted by atomic mass is 16.5. The molecular weight excluding hydrogens is 366 g/mol. The van der Waals surface area contributed by atoms with Gasteiger partial charge >= 0.3 is 0 Å². The van der Waals surface area contributed by atoms with Gasteiger partial charge < -0.3 is 20.3 Å². The van der Waals surface area contributed by atoms with Crippen LogP contribution in [0, 0.1) is 11.8 Å². The number of hydrogen-bond donors (Lipinski definition) is 2. The summed E-state index contributed by atoms with van der Waals surface area (Å²) in [6, 6.07) is 15.3. The molecule has 1 saturated heterocycles. The summed E-state index contributed by atoms with van der Waals surface area (Å²) >= 11 is 0. The molecule has 6 nitrogen and oxygen atoms in total. The largest absolute Gasteiger partial charge is 0.492 e. The number of nitrogens with zero attached hydrogens (tertiary/aromatic N) is 1. The molecule has 2 amide bonds. The molecule has 2 aromatic carbocycles. The summed E-state index contributed by atoms with van der Waals surface area (Å²) in [5, 5.41) is 5.84. The maximum Gasteiger partial charge on any atom is 0.228 e. The Morgan fingerprint density at radius 2 is 1.62 bits per heavy atom. The van der Waals surface area contributed by atoms with E-state index in [4.69, 9.17) is 4.74 Å². The van der Waals surface area contributed by atoms with Gasteiger partial charge in [-0.2, -0.15) is 0 Å². The minimum atomic E-state index is -0.298. The molecule has 0 radical (unpaired) electrons. The molecule has 152 valence electrons. The van der Waals surface area contributed by atoms with Crippen molar-refractivity contribution in [2.75, 3.05) is 35.2 Å². The van der Waals surface area contributed by atoms with Crippen LogP contribution in [0.5, 0.6) is 5.75 Å². The average Bonchev–Trinajstić information content (AvgIpc) is 3.36. The zero-order chi connectivity index (χ0) is 20.2. The van der Waals surface area contributed by atoms with E-state index in [1.807, 2.05) is 55.5 Å². The molecule has 6 heteroatoms. The Balaban J connectivity index is 1.30. The first-order valence-electron chi connectivity index (χ1n) is 10.3. The topological polar surface area (TPSA) is 70.7 Å². The fraction of sp³-hybridized carbons (Fsp3) is 0.391.